The number of carbonyl (C=O) groups excluding carboxylic acids is 2. The van der Waals surface area contributed by atoms with Gasteiger partial charge in [0.25, 0.3) is 5.56 Å². The molecule has 0 spiro atoms. The van der Waals surface area contributed by atoms with E-state index in [0.29, 0.717) is 64.8 Å². The summed E-state index contributed by atoms with van der Waals surface area (Å²) >= 11 is 6.56. The van der Waals surface area contributed by atoms with Gasteiger partial charge in [0, 0.05) is 61.8 Å². The molecule has 3 aliphatic heterocycles. The molecule has 6 heterocycles. The van der Waals surface area contributed by atoms with E-state index in [0.717, 1.165) is 42.5 Å². The molecule has 2 aromatic carbocycles. The van der Waals surface area contributed by atoms with E-state index in [-0.39, 0.29) is 35.2 Å². The van der Waals surface area contributed by atoms with Crippen molar-refractivity contribution in [3.8, 4) is 5.75 Å². The number of benzene rings is 2. The molecule has 0 radical (unpaired) electrons. The van der Waals surface area contributed by atoms with Gasteiger partial charge in [-0.15, -0.1) is 0 Å². The molecule has 55 heavy (non-hydrogen) atoms. The molecule has 5 aromatic rings. The van der Waals surface area contributed by atoms with Gasteiger partial charge in [-0.3, -0.25) is 24.4 Å². The molecule has 14 nitrogen and oxygen atoms in total. The zero-order valence-electron chi connectivity index (χ0n) is 30.2. The third-order valence-corrected chi connectivity index (χ3v) is 11.5. The first-order valence-corrected chi connectivity index (χ1v) is 18.9. The van der Waals surface area contributed by atoms with E-state index in [1.165, 1.54) is 10.8 Å². The lowest BCUT2D eigenvalue weighted by Gasteiger charge is -2.34. The first-order chi connectivity index (χ1) is 26.4. The molecule has 3 aromatic heterocycles. The molecule has 286 valence electrons. The number of nitrogens with one attached hydrogen (secondary N) is 4. The lowest BCUT2D eigenvalue weighted by Crippen LogP contribution is -2.44. The van der Waals surface area contributed by atoms with E-state index < -0.39 is 30.0 Å². The summed E-state index contributed by atoms with van der Waals surface area (Å²) in [6.45, 7) is 0.706. The largest absolute Gasteiger partial charge is 0.480 e. The summed E-state index contributed by atoms with van der Waals surface area (Å²) in [7, 11) is 3.46. The van der Waals surface area contributed by atoms with Gasteiger partial charge in [0.1, 0.15) is 5.02 Å². The lowest BCUT2D eigenvalue weighted by atomic mass is 9.92. The number of hydrogen-bond acceptors (Lipinski definition) is 11. The lowest BCUT2D eigenvalue weighted by molar-refractivity contribution is -0.134. The van der Waals surface area contributed by atoms with Crippen molar-refractivity contribution in [1.82, 2.24) is 29.6 Å². The number of amides is 2. The molecule has 2 amide bonds. The van der Waals surface area contributed by atoms with Gasteiger partial charge in [-0.1, -0.05) is 11.6 Å². The van der Waals surface area contributed by atoms with Crippen LogP contribution in [0, 0.1) is 5.92 Å². The summed E-state index contributed by atoms with van der Waals surface area (Å²) < 4.78 is 38.9. The highest BCUT2D eigenvalue weighted by Crippen LogP contribution is 2.46. The monoisotopic (exact) mass is 772 g/mol. The van der Waals surface area contributed by atoms with Crippen LogP contribution in [0.3, 0.4) is 0 Å². The van der Waals surface area contributed by atoms with Crippen LogP contribution in [0.25, 0.3) is 21.8 Å². The Morgan fingerprint density at radius 3 is 2.55 bits per heavy atom. The van der Waals surface area contributed by atoms with Crippen LogP contribution in [0.1, 0.15) is 50.1 Å². The summed E-state index contributed by atoms with van der Waals surface area (Å²) in [6, 6.07) is 10.4. The van der Waals surface area contributed by atoms with Crippen molar-refractivity contribution >= 4 is 74.0 Å². The minimum Gasteiger partial charge on any atom is -0.480 e. The molecule has 1 aliphatic carbocycles. The normalized spacial score (nSPS) is 21.4. The number of anilines is 5. The zero-order chi connectivity index (χ0) is 38.2. The predicted octanol–water partition coefficient (Wildman–Crippen LogP) is 5.43. The van der Waals surface area contributed by atoms with Gasteiger partial charge in [0.2, 0.25) is 23.5 Å². The minimum absolute atomic E-state index is 0.103. The number of halogens is 3. The topological polar surface area (TPSA) is 160 Å². The number of aryl methyl sites for hydroxylation is 2. The molecule has 4 N–H and O–H groups in total. The third kappa shape index (κ3) is 6.45. The van der Waals surface area contributed by atoms with Crippen LogP contribution < -0.4 is 36.5 Å². The predicted molar refractivity (Wildman–Crippen MR) is 205 cm³/mol. The number of pyridine rings is 1. The minimum atomic E-state index is -3.14. The highest BCUT2D eigenvalue weighted by Gasteiger charge is 2.51. The van der Waals surface area contributed by atoms with Gasteiger partial charge in [-0.25, -0.2) is 13.8 Å². The van der Waals surface area contributed by atoms with Gasteiger partial charge in [0.05, 0.1) is 40.6 Å². The molecule has 2 atom stereocenters. The fraction of sp³-hybridized carbons (Fsp3) is 0.421. The molecular formula is C38H39ClF2N10O4. The van der Waals surface area contributed by atoms with Crippen LogP contribution in [0.4, 0.5) is 37.6 Å². The number of carbonyl (C=O) groups is 2. The van der Waals surface area contributed by atoms with Crippen LogP contribution >= 0.6 is 11.6 Å². The number of nitrogens with zero attached hydrogens (tertiary/aromatic N) is 6. The number of aromatic nitrogens is 5. The zero-order valence-corrected chi connectivity index (χ0v) is 30.9. The Bertz CT molecular complexity index is 2440. The van der Waals surface area contributed by atoms with Crippen LogP contribution in [-0.2, 0) is 23.7 Å². The SMILES string of the molecule is Cn1nc(C2CCC(=O)NC2=O)c2ccc(N3CCC(Nc4ncc(Cl)c(Nc5ccc6c(c5)c5c(c(=O)n6C)OCC(F)(F)C(C6CC6)N5)n4)CC3)cc21. The molecule has 2 saturated heterocycles. The van der Waals surface area contributed by atoms with Crippen molar-refractivity contribution in [1.29, 1.82) is 0 Å². The Morgan fingerprint density at radius 2 is 1.78 bits per heavy atom. The van der Waals surface area contributed by atoms with E-state index in [1.54, 1.807) is 29.9 Å². The highest BCUT2D eigenvalue weighted by atomic mass is 35.5. The number of rotatable bonds is 7. The summed E-state index contributed by atoms with van der Waals surface area (Å²) in [5.74, 6) is -3.69. The Balaban J connectivity index is 0.894. The van der Waals surface area contributed by atoms with E-state index in [4.69, 9.17) is 16.3 Å². The van der Waals surface area contributed by atoms with Crippen LogP contribution in [0.2, 0.25) is 5.02 Å². The van der Waals surface area contributed by atoms with E-state index in [9.17, 15) is 14.4 Å². The quantitative estimate of drug-likeness (QED) is 0.156. The number of hydrogen-bond donors (Lipinski definition) is 4. The van der Waals surface area contributed by atoms with Crippen LogP contribution in [0.15, 0.2) is 47.4 Å². The molecule has 17 heteroatoms. The van der Waals surface area contributed by atoms with E-state index in [1.807, 2.05) is 13.1 Å². The summed E-state index contributed by atoms with van der Waals surface area (Å²) in [5, 5.41) is 18.6. The Morgan fingerprint density at radius 1 is 0.982 bits per heavy atom. The van der Waals surface area contributed by atoms with Crippen molar-refractivity contribution in [3.63, 3.8) is 0 Å². The fourth-order valence-electron chi connectivity index (χ4n) is 8.09. The van der Waals surface area contributed by atoms with Crippen LogP contribution in [-0.4, -0.2) is 73.8 Å². The Kier molecular flexibility index (Phi) is 8.55. The van der Waals surface area contributed by atoms with Crippen LogP contribution in [0.5, 0.6) is 5.75 Å². The number of piperidine rings is 2. The third-order valence-electron chi connectivity index (χ3n) is 11.2. The van der Waals surface area contributed by atoms with Crippen molar-refractivity contribution in [2.75, 3.05) is 40.5 Å². The maximum Gasteiger partial charge on any atom is 0.301 e. The molecule has 4 aliphatic rings. The second-order valence-corrected chi connectivity index (χ2v) is 15.4. The second kappa shape index (κ2) is 13.4. The molecule has 3 fully saturated rings. The average molecular weight is 773 g/mol. The number of ether oxygens (including phenoxy) is 1. The second-order valence-electron chi connectivity index (χ2n) is 14.9. The number of alkyl halides is 2. The molecular weight excluding hydrogens is 734 g/mol. The van der Waals surface area contributed by atoms with Gasteiger partial charge in [0.15, 0.2) is 12.4 Å². The van der Waals surface area contributed by atoms with Gasteiger partial charge >= 0.3 is 5.92 Å². The van der Waals surface area contributed by atoms with E-state index >= 15 is 8.78 Å². The maximum atomic E-state index is 15.1. The highest BCUT2D eigenvalue weighted by molar-refractivity contribution is 6.33. The van der Waals surface area contributed by atoms with Crippen molar-refractivity contribution < 1.29 is 23.1 Å². The van der Waals surface area contributed by atoms with Crippen molar-refractivity contribution in [3.05, 3.63) is 63.7 Å². The Labute approximate surface area is 318 Å². The standard InChI is InChI=1S/C38H39ClF2N10O4/c1-49-27-9-5-21(15-25(27)31-32(36(49)54)55-18-38(40,41)33(46-31)19-3-4-19)43-34-26(39)17-42-37(47-34)44-20-11-13-51(14-12-20)22-6-7-23-28(16-22)50(2)48-30(23)24-8-10-29(52)45-35(24)53/h5-7,9,15-17,19-20,24,33,46H,3-4,8,10-14,18H2,1-2H3,(H,45,52,53)(H2,42,43,44,47). The molecule has 9 rings (SSSR count). The molecule has 0 bridgehead atoms. The Hall–Kier alpha value is -5.51. The molecule has 2 unspecified atom stereocenters. The average Bonchev–Trinajstić information content (AvgIpc) is 3.97. The van der Waals surface area contributed by atoms with E-state index in [2.05, 4.69) is 53.4 Å². The summed E-state index contributed by atoms with van der Waals surface area (Å²) in [6.07, 6.45) is 5.30. The summed E-state index contributed by atoms with van der Waals surface area (Å²) in [5.41, 5.74) is 3.59. The first-order valence-electron chi connectivity index (χ1n) is 18.5. The molecule has 1 saturated carbocycles. The summed E-state index contributed by atoms with van der Waals surface area (Å²) in [4.78, 5) is 48.9. The van der Waals surface area contributed by atoms with Gasteiger partial charge in [-0.05, 0) is 74.4 Å². The smallest absolute Gasteiger partial charge is 0.301 e. The number of fused-ring (bicyclic) bond motifs is 4. The number of imide groups is 1. The maximum absolute atomic E-state index is 15.1. The van der Waals surface area contributed by atoms with Gasteiger partial charge in [-0.2, -0.15) is 10.1 Å². The van der Waals surface area contributed by atoms with Crippen molar-refractivity contribution in [2.24, 2.45) is 20.0 Å². The first kappa shape index (κ1) is 35.2. The fourth-order valence-corrected chi connectivity index (χ4v) is 8.23. The van der Waals surface area contributed by atoms with Crippen molar-refractivity contribution in [2.45, 2.75) is 62.4 Å². The van der Waals surface area contributed by atoms with Gasteiger partial charge < -0.3 is 30.2 Å².